The van der Waals surface area contributed by atoms with Gasteiger partial charge in [0.05, 0.1) is 24.7 Å². The third-order valence-electron chi connectivity index (χ3n) is 7.53. The molecule has 7 nitrogen and oxygen atoms in total. The van der Waals surface area contributed by atoms with Crippen molar-refractivity contribution in [3.63, 3.8) is 0 Å². The van der Waals surface area contributed by atoms with Crippen molar-refractivity contribution in [3.8, 4) is 0 Å². The number of carbonyl (C=O) groups is 1. The molecule has 412 valence electrons. The van der Waals surface area contributed by atoms with Gasteiger partial charge in [0, 0.05) is 31.9 Å². The molecular weight excluding hydrogens is 846 g/mol. The number of unbranched alkanes of at least 4 members (excludes halogenated alkanes) is 6. The Bertz CT molecular complexity index is 968. The third-order valence-corrected chi connectivity index (χ3v) is 7.53. The summed E-state index contributed by atoms with van der Waals surface area (Å²) in [7, 11) is 11.8. The first kappa shape index (κ1) is 90.9. The molecule has 0 amide bonds. The number of nitrogens with zero attached hydrogens (tertiary/aromatic N) is 4. The fraction of sp³-hybridized carbons (Fsp3) is 0.842. The smallest absolute Gasteiger partial charge is 0.388 e. The van der Waals surface area contributed by atoms with E-state index in [2.05, 4.69) is 104 Å². The van der Waals surface area contributed by atoms with Crippen molar-refractivity contribution in [2.75, 3.05) is 68.6 Å². The summed E-state index contributed by atoms with van der Waals surface area (Å²) in [4.78, 5) is 21.8. The Hall–Kier alpha value is -2.46. The number of Topliss-reactive ketones (excluding diaryl/α,β-unsaturated/α-hetero) is 1. The van der Waals surface area contributed by atoms with Crippen molar-refractivity contribution in [2.24, 2.45) is 9.98 Å². The van der Waals surface area contributed by atoms with Gasteiger partial charge in [-0.15, -0.1) is 6.58 Å². The minimum Gasteiger partial charge on any atom is -0.499 e. The summed E-state index contributed by atoms with van der Waals surface area (Å²) in [6.45, 7) is 52.4. The van der Waals surface area contributed by atoms with E-state index in [1.165, 1.54) is 126 Å². The molecule has 1 aliphatic rings. The summed E-state index contributed by atoms with van der Waals surface area (Å²) >= 11 is 0. The first-order valence-electron chi connectivity index (χ1n) is 26.0. The maximum atomic E-state index is 10.8. The Morgan fingerprint density at radius 3 is 1.15 bits per heavy atom. The molecule has 0 radical (unpaired) electrons. The molecule has 0 atom stereocenters. The number of aliphatic imine (C=N–C) groups is 2. The fourth-order valence-electron chi connectivity index (χ4n) is 3.06. The van der Waals surface area contributed by atoms with Gasteiger partial charge < -0.3 is 24.1 Å². The van der Waals surface area contributed by atoms with Gasteiger partial charge >= 0.3 is 6.18 Å². The molecular formula is C57H125F3N4O3. The number of ketones is 1. The van der Waals surface area contributed by atoms with Crippen molar-refractivity contribution < 1.29 is 27.4 Å². The Kier molecular flexibility index (Phi) is 113. The fourth-order valence-corrected chi connectivity index (χ4v) is 3.06. The zero-order valence-electron chi connectivity index (χ0n) is 50.7. The molecule has 0 N–H and O–H groups in total. The van der Waals surface area contributed by atoms with Crippen LogP contribution >= 0.6 is 0 Å². The molecule has 1 saturated carbocycles. The molecule has 1 rings (SSSR count). The number of halogens is 3. The van der Waals surface area contributed by atoms with Gasteiger partial charge in [-0.3, -0.25) is 9.98 Å². The maximum absolute atomic E-state index is 10.8. The van der Waals surface area contributed by atoms with Gasteiger partial charge in [-0.05, 0) is 155 Å². The van der Waals surface area contributed by atoms with Crippen molar-refractivity contribution >= 4 is 17.2 Å². The lowest BCUT2D eigenvalue weighted by Crippen LogP contribution is -2.15. The third kappa shape index (κ3) is 191. The standard InChI is InChI=1S/C13H26O.C7H13N.C5H13N.C5H11N.C5H10O.C4H8.C4H10.C3H5F3.C3H9N.C3H6O.C3H8.C2H6/c1-5-6-7-8-9-10-11-14-13(4)12(2)3;1-8-7-5-3-2-4-6-7;1-4-6(3)5-2;1-4-5(2)6-3;1-4-6-5(2)3;1-4(2)3;1-3-4-2;1-2-3(4,5)6;1-4(2)3;1-3(2)4;1-3-2;1-2/h5-11H2,1-4H3;2-6H2,1H3;4-5H2,1-3H3;4H2,1-3H3;2,4H2,1,3H3;1H2,2-3H3;3-4H2,1-2H3;2H2,1H3;1-3H3;1-2H3;3H2,1-2H3;1-2H3. The van der Waals surface area contributed by atoms with E-state index in [0.717, 1.165) is 51.2 Å². The Balaban J connectivity index is -0.0000000589. The zero-order chi connectivity index (χ0) is 55.7. The van der Waals surface area contributed by atoms with Gasteiger partial charge in [0.1, 0.15) is 5.78 Å². The Morgan fingerprint density at radius 1 is 0.642 bits per heavy atom. The lowest BCUT2D eigenvalue weighted by Gasteiger charge is -2.10. The number of hydrogen-bond donors (Lipinski definition) is 0. The second-order valence-corrected chi connectivity index (χ2v) is 16.6. The van der Waals surface area contributed by atoms with Crippen molar-refractivity contribution in [3.05, 3.63) is 35.8 Å². The monoisotopic (exact) mass is 971 g/mol. The normalized spacial score (nSPS) is 10.4. The van der Waals surface area contributed by atoms with E-state index in [4.69, 9.17) is 9.47 Å². The van der Waals surface area contributed by atoms with Crippen LogP contribution in [-0.4, -0.2) is 102 Å². The SMILES string of the molecule is C=C(C)C.C=C(C)OCC.CC.CC(C)=O.CCC.CCC(C)=NC.CCC(F)(F)F.CCCC.CCCCCCCCOC(C)=C(C)C.CCN(C)CC.CN(C)C.CN=C1CCCCC1. The molecule has 0 saturated heterocycles. The summed E-state index contributed by atoms with van der Waals surface area (Å²) in [5.74, 6) is 2.05. The molecule has 0 aromatic heterocycles. The molecule has 0 aromatic rings. The largest absolute Gasteiger partial charge is 0.499 e. The van der Waals surface area contributed by atoms with Crippen LogP contribution in [0.15, 0.2) is 45.8 Å². The molecule has 0 bridgehead atoms. The second kappa shape index (κ2) is 83.5. The van der Waals surface area contributed by atoms with Crippen LogP contribution in [0.1, 0.15) is 248 Å². The van der Waals surface area contributed by atoms with Crippen molar-refractivity contribution in [1.82, 2.24) is 9.80 Å². The van der Waals surface area contributed by atoms with E-state index >= 15 is 0 Å². The maximum Gasteiger partial charge on any atom is 0.388 e. The van der Waals surface area contributed by atoms with E-state index in [1.54, 1.807) is 0 Å². The molecule has 1 fully saturated rings. The highest BCUT2D eigenvalue weighted by Gasteiger charge is 2.22. The molecule has 0 unspecified atom stereocenters. The van der Waals surface area contributed by atoms with E-state index in [0.29, 0.717) is 0 Å². The average molecular weight is 972 g/mol. The van der Waals surface area contributed by atoms with Crippen LogP contribution in [0, 0.1) is 0 Å². The van der Waals surface area contributed by atoms with Gasteiger partial charge in [-0.25, -0.2) is 0 Å². The van der Waals surface area contributed by atoms with E-state index in [9.17, 15) is 18.0 Å². The van der Waals surface area contributed by atoms with Crippen LogP contribution in [0.3, 0.4) is 0 Å². The van der Waals surface area contributed by atoms with Crippen LogP contribution in [0.2, 0.25) is 0 Å². The number of allylic oxidation sites excluding steroid dienone is 4. The van der Waals surface area contributed by atoms with Gasteiger partial charge in [-0.1, -0.05) is 146 Å². The molecule has 0 aromatic carbocycles. The summed E-state index contributed by atoms with van der Waals surface area (Å²) in [5.41, 5.74) is 5.10. The summed E-state index contributed by atoms with van der Waals surface area (Å²) in [6, 6.07) is 0. The van der Waals surface area contributed by atoms with Crippen LogP contribution in [-0.2, 0) is 14.3 Å². The van der Waals surface area contributed by atoms with Gasteiger partial charge in [0.2, 0.25) is 0 Å². The lowest BCUT2D eigenvalue weighted by atomic mass is 9.99. The van der Waals surface area contributed by atoms with Crippen LogP contribution in [0.4, 0.5) is 13.2 Å². The Morgan fingerprint density at radius 2 is 0.985 bits per heavy atom. The highest BCUT2D eigenvalue weighted by molar-refractivity contribution is 5.84. The molecule has 10 heteroatoms. The van der Waals surface area contributed by atoms with Gasteiger partial charge in [-0.2, -0.15) is 13.2 Å². The molecule has 0 heterocycles. The molecule has 67 heavy (non-hydrogen) atoms. The Labute approximate surface area is 421 Å². The van der Waals surface area contributed by atoms with E-state index < -0.39 is 12.6 Å². The minimum atomic E-state index is -3.96. The second-order valence-electron chi connectivity index (χ2n) is 16.6. The number of ether oxygens (including phenoxy) is 2. The molecule has 1 aliphatic carbocycles. The predicted octanol–water partition coefficient (Wildman–Crippen LogP) is 19.3. The van der Waals surface area contributed by atoms with Crippen LogP contribution in [0.25, 0.3) is 0 Å². The van der Waals surface area contributed by atoms with Crippen molar-refractivity contribution in [2.45, 2.75) is 254 Å². The number of rotatable bonds is 14. The van der Waals surface area contributed by atoms with E-state index in [1.807, 2.05) is 95.5 Å². The number of carbonyl (C=O) groups excluding carboxylic acids is 1. The first-order valence-corrected chi connectivity index (χ1v) is 26.0. The topological polar surface area (TPSA) is 66.7 Å². The van der Waals surface area contributed by atoms with Gasteiger partial charge in [0.15, 0.2) is 0 Å². The van der Waals surface area contributed by atoms with Crippen LogP contribution < -0.4 is 0 Å². The quantitative estimate of drug-likeness (QED) is 0.0751. The zero-order valence-corrected chi connectivity index (χ0v) is 50.7. The van der Waals surface area contributed by atoms with Gasteiger partial charge in [0.25, 0.3) is 0 Å². The highest BCUT2D eigenvalue weighted by Crippen LogP contribution is 2.17. The van der Waals surface area contributed by atoms with Crippen LogP contribution in [0.5, 0.6) is 0 Å². The number of hydrogen-bond acceptors (Lipinski definition) is 7. The summed E-state index contributed by atoms with van der Waals surface area (Å²) < 4.78 is 42.8. The first-order chi connectivity index (χ1) is 31.1. The summed E-state index contributed by atoms with van der Waals surface area (Å²) in [6.07, 6.45) is 14.9. The summed E-state index contributed by atoms with van der Waals surface area (Å²) in [5, 5.41) is 0. The molecule has 0 spiro atoms. The lowest BCUT2D eigenvalue weighted by molar-refractivity contribution is -0.130. The minimum absolute atomic E-state index is 0.167. The van der Waals surface area contributed by atoms with E-state index in [-0.39, 0.29) is 5.78 Å². The average Bonchev–Trinajstić information content (AvgIpc) is 3.27. The highest BCUT2D eigenvalue weighted by atomic mass is 19.4. The predicted molar refractivity (Wildman–Crippen MR) is 305 cm³/mol. The number of alkyl halides is 3. The molecule has 0 aliphatic heterocycles. The van der Waals surface area contributed by atoms with Crippen molar-refractivity contribution in [1.29, 1.82) is 0 Å².